The first-order chi connectivity index (χ1) is 8.61. The Bertz CT molecular complexity index is 623. The molecule has 2 aromatic rings. The van der Waals surface area contributed by atoms with Gasteiger partial charge in [-0.05, 0) is 37.3 Å². The lowest BCUT2D eigenvalue weighted by atomic mass is 10.2. The fraction of sp³-hybridized carbons (Fsp3) is 0.143. The van der Waals surface area contributed by atoms with Gasteiger partial charge < -0.3 is 9.32 Å². The van der Waals surface area contributed by atoms with Crippen molar-refractivity contribution in [3.63, 3.8) is 0 Å². The van der Waals surface area contributed by atoms with Gasteiger partial charge in [0.2, 0.25) is 0 Å². The van der Waals surface area contributed by atoms with Crippen LogP contribution in [0, 0.1) is 18.3 Å². The highest BCUT2D eigenvalue weighted by Crippen LogP contribution is 2.18. The van der Waals surface area contributed by atoms with Crippen molar-refractivity contribution < 1.29 is 9.21 Å². The molecule has 1 aromatic heterocycles. The van der Waals surface area contributed by atoms with Gasteiger partial charge in [-0.3, -0.25) is 4.79 Å². The van der Waals surface area contributed by atoms with Gasteiger partial charge in [-0.15, -0.1) is 0 Å². The monoisotopic (exact) mass is 240 g/mol. The zero-order valence-corrected chi connectivity index (χ0v) is 10.2. The zero-order valence-electron chi connectivity index (χ0n) is 10.2. The second kappa shape index (κ2) is 4.76. The molecule has 0 saturated carbocycles. The fourth-order valence-corrected chi connectivity index (χ4v) is 1.62. The van der Waals surface area contributed by atoms with Gasteiger partial charge in [-0.25, -0.2) is 0 Å². The van der Waals surface area contributed by atoms with Crippen molar-refractivity contribution in [2.75, 3.05) is 11.9 Å². The van der Waals surface area contributed by atoms with Crippen molar-refractivity contribution in [3.05, 3.63) is 53.5 Å². The average Bonchev–Trinajstić information content (AvgIpc) is 2.83. The average molecular weight is 240 g/mol. The molecule has 18 heavy (non-hydrogen) atoms. The molecule has 1 heterocycles. The highest BCUT2D eigenvalue weighted by atomic mass is 16.3. The molecule has 0 atom stereocenters. The van der Waals surface area contributed by atoms with E-state index >= 15 is 0 Å². The number of benzene rings is 1. The standard InChI is InChI=1S/C14H12N2O2/c1-10-6-7-13(18-10)14(17)16(2)12-5-3-4-11(8-12)9-15/h3-8H,1-2H3. The summed E-state index contributed by atoms with van der Waals surface area (Å²) >= 11 is 0. The van der Waals surface area contributed by atoms with Gasteiger partial charge in [0, 0.05) is 12.7 Å². The maximum atomic E-state index is 12.1. The lowest BCUT2D eigenvalue weighted by molar-refractivity contribution is 0.0965. The normalized spacial score (nSPS) is 9.83. The summed E-state index contributed by atoms with van der Waals surface area (Å²) in [5.74, 6) is 0.744. The van der Waals surface area contributed by atoms with Crippen LogP contribution in [0.4, 0.5) is 5.69 Å². The molecule has 0 spiro atoms. The molecule has 4 heteroatoms. The molecule has 2 rings (SSSR count). The maximum Gasteiger partial charge on any atom is 0.293 e. The third kappa shape index (κ3) is 2.25. The second-order valence-electron chi connectivity index (χ2n) is 3.94. The van der Waals surface area contributed by atoms with Gasteiger partial charge >= 0.3 is 0 Å². The Hall–Kier alpha value is -2.54. The van der Waals surface area contributed by atoms with Crippen LogP contribution in [0.25, 0.3) is 0 Å². The van der Waals surface area contributed by atoms with E-state index in [2.05, 4.69) is 0 Å². The molecule has 0 saturated heterocycles. The van der Waals surface area contributed by atoms with Crippen LogP contribution in [-0.2, 0) is 0 Å². The number of anilines is 1. The summed E-state index contributed by atoms with van der Waals surface area (Å²) in [5.41, 5.74) is 1.18. The van der Waals surface area contributed by atoms with Gasteiger partial charge in [0.15, 0.2) is 5.76 Å². The Morgan fingerprint density at radius 2 is 2.11 bits per heavy atom. The highest BCUT2D eigenvalue weighted by Gasteiger charge is 2.16. The predicted molar refractivity (Wildman–Crippen MR) is 67.3 cm³/mol. The topological polar surface area (TPSA) is 57.2 Å². The minimum atomic E-state index is -0.238. The van der Waals surface area contributed by atoms with Gasteiger partial charge in [-0.1, -0.05) is 6.07 Å². The molecule has 0 aliphatic heterocycles. The van der Waals surface area contributed by atoms with Crippen LogP contribution in [0.5, 0.6) is 0 Å². The first kappa shape index (κ1) is 11.9. The molecule has 4 nitrogen and oxygen atoms in total. The third-order valence-corrected chi connectivity index (χ3v) is 2.62. The molecule has 0 N–H and O–H groups in total. The molecule has 0 bridgehead atoms. The molecule has 0 unspecified atom stereocenters. The molecule has 0 aliphatic carbocycles. The van der Waals surface area contributed by atoms with E-state index in [1.54, 1.807) is 50.4 Å². The summed E-state index contributed by atoms with van der Waals surface area (Å²) < 4.78 is 5.29. The molecular formula is C14H12N2O2. The van der Waals surface area contributed by atoms with E-state index < -0.39 is 0 Å². The Labute approximate surface area is 105 Å². The number of carbonyl (C=O) groups is 1. The van der Waals surface area contributed by atoms with Crippen molar-refractivity contribution in [3.8, 4) is 6.07 Å². The van der Waals surface area contributed by atoms with Crippen LogP contribution in [0.3, 0.4) is 0 Å². The van der Waals surface area contributed by atoms with Crippen LogP contribution in [0.2, 0.25) is 0 Å². The maximum absolute atomic E-state index is 12.1. The summed E-state index contributed by atoms with van der Waals surface area (Å²) in [6, 6.07) is 12.3. The first-order valence-electron chi connectivity index (χ1n) is 5.46. The number of rotatable bonds is 2. The molecule has 0 aliphatic rings. The molecule has 90 valence electrons. The number of hydrogen-bond donors (Lipinski definition) is 0. The number of amides is 1. The smallest absolute Gasteiger partial charge is 0.293 e. The number of nitriles is 1. The van der Waals surface area contributed by atoms with Crippen LogP contribution in [-0.4, -0.2) is 13.0 Å². The van der Waals surface area contributed by atoms with E-state index in [0.717, 1.165) is 0 Å². The summed E-state index contributed by atoms with van der Waals surface area (Å²) in [5, 5.41) is 8.83. The SMILES string of the molecule is Cc1ccc(C(=O)N(C)c2cccc(C#N)c2)o1. The number of carbonyl (C=O) groups excluding carboxylic acids is 1. The Morgan fingerprint density at radius 3 is 2.72 bits per heavy atom. The summed E-state index contributed by atoms with van der Waals surface area (Å²) in [4.78, 5) is 13.6. The highest BCUT2D eigenvalue weighted by molar-refractivity contribution is 6.03. The number of nitrogens with zero attached hydrogens (tertiary/aromatic N) is 2. The number of furan rings is 1. The van der Waals surface area contributed by atoms with E-state index in [-0.39, 0.29) is 11.7 Å². The van der Waals surface area contributed by atoms with Crippen LogP contribution >= 0.6 is 0 Å². The van der Waals surface area contributed by atoms with Gasteiger partial charge in [-0.2, -0.15) is 5.26 Å². The molecule has 0 radical (unpaired) electrons. The zero-order chi connectivity index (χ0) is 13.1. The van der Waals surface area contributed by atoms with E-state index in [1.807, 2.05) is 6.07 Å². The van der Waals surface area contributed by atoms with Crippen LogP contribution in [0.1, 0.15) is 21.9 Å². The molecular weight excluding hydrogens is 228 g/mol. The van der Waals surface area contributed by atoms with Crippen molar-refractivity contribution in [1.29, 1.82) is 5.26 Å². The Balaban J connectivity index is 2.28. The van der Waals surface area contributed by atoms with Gasteiger partial charge in [0.1, 0.15) is 5.76 Å². The molecule has 0 fully saturated rings. The van der Waals surface area contributed by atoms with E-state index in [1.165, 1.54) is 4.90 Å². The van der Waals surface area contributed by atoms with Crippen molar-refractivity contribution >= 4 is 11.6 Å². The quantitative estimate of drug-likeness (QED) is 0.811. The third-order valence-electron chi connectivity index (χ3n) is 2.62. The Kier molecular flexibility index (Phi) is 3.16. The first-order valence-corrected chi connectivity index (χ1v) is 5.46. The molecule has 1 aromatic carbocycles. The van der Waals surface area contributed by atoms with E-state index in [9.17, 15) is 4.79 Å². The predicted octanol–water partition coefficient (Wildman–Crippen LogP) is 2.74. The fourth-order valence-electron chi connectivity index (χ4n) is 1.62. The van der Waals surface area contributed by atoms with Crippen LogP contribution < -0.4 is 4.90 Å². The lowest BCUT2D eigenvalue weighted by Gasteiger charge is -2.15. The van der Waals surface area contributed by atoms with Crippen LogP contribution in [0.15, 0.2) is 40.8 Å². The van der Waals surface area contributed by atoms with E-state index in [0.29, 0.717) is 17.0 Å². The Morgan fingerprint density at radius 1 is 1.33 bits per heavy atom. The van der Waals surface area contributed by atoms with E-state index in [4.69, 9.17) is 9.68 Å². The van der Waals surface area contributed by atoms with Gasteiger partial charge in [0.25, 0.3) is 5.91 Å². The largest absolute Gasteiger partial charge is 0.456 e. The number of aryl methyl sites for hydroxylation is 1. The minimum absolute atomic E-state index is 0.238. The van der Waals surface area contributed by atoms with Crippen molar-refractivity contribution in [1.82, 2.24) is 0 Å². The second-order valence-corrected chi connectivity index (χ2v) is 3.94. The summed E-state index contributed by atoms with van der Waals surface area (Å²) in [7, 11) is 1.65. The summed E-state index contributed by atoms with van der Waals surface area (Å²) in [6.45, 7) is 1.78. The lowest BCUT2D eigenvalue weighted by Crippen LogP contribution is -2.25. The van der Waals surface area contributed by atoms with Crippen molar-refractivity contribution in [2.45, 2.75) is 6.92 Å². The minimum Gasteiger partial charge on any atom is -0.456 e. The number of hydrogen-bond acceptors (Lipinski definition) is 3. The summed E-state index contributed by atoms with van der Waals surface area (Å²) in [6.07, 6.45) is 0. The van der Waals surface area contributed by atoms with Gasteiger partial charge in [0.05, 0.1) is 11.6 Å². The molecule has 1 amide bonds. The van der Waals surface area contributed by atoms with Crippen molar-refractivity contribution in [2.24, 2.45) is 0 Å².